The molecule has 128 valence electrons. The van der Waals surface area contributed by atoms with Gasteiger partial charge in [0.25, 0.3) is 5.69 Å². The van der Waals surface area contributed by atoms with Gasteiger partial charge < -0.3 is 0 Å². The van der Waals surface area contributed by atoms with Crippen LogP contribution in [0.3, 0.4) is 0 Å². The Morgan fingerprint density at radius 3 is 2.72 bits per heavy atom. The molecule has 0 saturated heterocycles. The SMILES string of the molecule is C[C@H](c1cccc([N+](=O)[O-])c1)N(C)Cc1cc2ccccc2nc1Cl. The summed E-state index contributed by atoms with van der Waals surface area (Å²) >= 11 is 6.34. The number of benzene rings is 2. The quantitative estimate of drug-likeness (QED) is 0.367. The fourth-order valence-electron chi connectivity index (χ4n) is 2.81. The second-order valence-electron chi connectivity index (χ2n) is 6.07. The first-order valence-electron chi connectivity index (χ1n) is 7.94. The number of fused-ring (bicyclic) bond motifs is 1. The number of nitro groups is 1. The van der Waals surface area contributed by atoms with E-state index in [0.29, 0.717) is 11.7 Å². The van der Waals surface area contributed by atoms with Gasteiger partial charge in [0.05, 0.1) is 10.4 Å². The summed E-state index contributed by atoms with van der Waals surface area (Å²) in [7, 11) is 1.97. The summed E-state index contributed by atoms with van der Waals surface area (Å²) in [5.74, 6) is 0. The minimum Gasteiger partial charge on any atom is -0.295 e. The third-order valence-electron chi connectivity index (χ3n) is 4.39. The number of hydrogen-bond donors (Lipinski definition) is 0. The molecule has 0 amide bonds. The van der Waals surface area contributed by atoms with E-state index in [4.69, 9.17) is 11.6 Å². The molecule has 0 saturated carbocycles. The number of nitrogens with zero attached hydrogens (tertiary/aromatic N) is 3. The van der Waals surface area contributed by atoms with Gasteiger partial charge in [-0.3, -0.25) is 15.0 Å². The van der Waals surface area contributed by atoms with Crippen molar-refractivity contribution in [3.63, 3.8) is 0 Å². The van der Waals surface area contributed by atoms with E-state index in [9.17, 15) is 10.1 Å². The van der Waals surface area contributed by atoms with Crippen LogP contribution < -0.4 is 0 Å². The van der Waals surface area contributed by atoms with Gasteiger partial charge in [0.2, 0.25) is 0 Å². The summed E-state index contributed by atoms with van der Waals surface area (Å²) in [5.41, 5.74) is 2.79. The van der Waals surface area contributed by atoms with E-state index in [1.807, 2.05) is 50.4 Å². The van der Waals surface area contributed by atoms with Crippen molar-refractivity contribution < 1.29 is 4.92 Å². The van der Waals surface area contributed by atoms with Gasteiger partial charge in [0, 0.05) is 35.7 Å². The van der Waals surface area contributed by atoms with E-state index in [0.717, 1.165) is 22.0 Å². The van der Waals surface area contributed by atoms with Crippen LogP contribution in [0.2, 0.25) is 5.15 Å². The summed E-state index contributed by atoms with van der Waals surface area (Å²) in [6.45, 7) is 2.61. The summed E-state index contributed by atoms with van der Waals surface area (Å²) in [4.78, 5) is 17.1. The molecule has 0 unspecified atom stereocenters. The molecule has 5 nitrogen and oxygen atoms in total. The summed E-state index contributed by atoms with van der Waals surface area (Å²) in [6, 6.07) is 16.6. The van der Waals surface area contributed by atoms with Crippen LogP contribution in [0.15, 0.2) is 54.6 Å². The average molecular weight is 356 g/mol. The van der Waals surface area contributed by atoms with E-state index >= 15 is 0 Å². The van der Waals surface area contributed by atoms with E-state index in [1.54, 1.807) is 12.1 Å². The Bertz CT molecular complexity index is 929. The van der Waals surface area contributed by atoms with Gasteiger partial charge in [-0.05, 0) is 31.7 Å². The summed E-state index contributed by atoms with van der Waals surface area (Å²) < 4.78 is 0. The largest absolute Gasteiger partial charge is 0.295 e. The minimum absolute atomic E-state index is 0.00226. The lowest BCUT2D eigenvalue weighted by atomic mass is 10.1. The Kier molecular flexibility index (Phi) is 4.97. The van der Waals surface area contributed by atoms with Crippen LogP contribution in [-0.4, -0.2) is 21.9 Å². The molecular formula is C19H18ClN3O2. The maximum atomic E-state index is 11.0. The monoisotopic (exact) mass is 355 g/mol. The van der Waals surface area contributed by atoms with Crippen molar-refractivity contribution >= 4 is 28.2 Å². The van der Waals surface area contributed by atoms with Crippen molar-refractivity contribution in [1.29, 1.82) is 0 Å². The van der Waals surface area contributed by atoms with Crippen molar-refractivity contribution in [3.05, 3.63) is 81.0 Å². The topological polar surface area (TPSA) is 59.3 Å². The molecule has 2 aromatic carbocycles. The second-order valence-corrected chi connectivity index (χ2v) is 6.43. The summed E-state index contributed by atoms with van der Waals surface area (Å²) in [5, 5.41) is 12.5. The van der Waals surface area contributed by atoms with Gasteiger partial charge in [-0.15, -0.1) is 0 Å². The van der Waals surface area contributed by atoms with Crippen LogP contribution in [0.4, 0.5) is 5.69 Å². The second kappa shape index (κ2) is 7.17. The number of pyridine rings is 1. The number of aromatic nitrogens is 1. The van der Waals surface area contributed by atoms with Crippen molar-refractivity contribution in [2.24, 2.45) is 0 Å². The number of non-ortho nitro benzene ring substituents is 1. The molecule has 0 fully saturated rings. The molecule has 6 heteroatoms. The molecule has 1 heterocycles. The molecule has 0 spiro atoms. The van der Waals surface area contributed by atoms with Crippen molar-refractivity contribution in [3.8, 4) is 0 Å². The molecule has 0 bridgehead atoms. The molecule has 0 aliphatic rings. The minimum atomic E-state index is -0.375. The highest BCUT2D eigenvalue weighted by Gasteiger charge is 2.17. The fraction of sp³-hybridized carbons (Fsp3) is 0.211. The van der Waals surface area contributed by atoms with Crippen LogP contribution in [0.5, 0.6) is 0 Å². The standard InChI is InChI=1S/C19H18ClN3O2/c1-13(14-7-5-8-17(11-14)23(24)25)22(2)12-16-10-15-6-3-4-9-18(15)21-19(16)20/h3-11,13H,12H2,1-2H3/t13-/m1/s1. The molecular weight excluding hydrogens is 338 g/mol. The Morgan fingerprint density at radius 1 is 1.20 bits per heavy atom. The third-order valence-corrected chi connectivity index (χ3v) is 4.72. The van der Waals surface area contributed by atoms with Gasteiger partial charge in [0.15, 0.2) is 0 Å². The predicted octanol–water partition coefficient (Wildman–Crippen LogP) is 4.99. The number of para-hydroxylation sites is 1. The molecule has 0 aliphatic heterocycles. The fourth-order valence-corrected chi connectivity index (χ4v) is 3.01. The van der Waals surface area contributed by atoms with Crippen LogP contribution in [0.1, 0.15) is 24.1 Å². The zero-order valence-electron chi connectivity index (χ0n) is 14.0. The Hall–Kier alpha value is -2.50. The van der Waals surface area contributed by atoms with E-state index < -0.39 is 0 Å². The lowest BCUT2D eigenvalue weighted by Gasteiger charge is -2.25. The molecule has 1 aromatic heterocycles. The van der Waals surface area contributed by atoms with Crippen LogP contribution >= 0.6 is 11.6 Å². The normalized spacial score (nSPS) is 12.5. The Labute approximate surface area is 151 Å². The lowest BCUT2D eigenvalue weighted by Crippen LogP contribution is -2.22. The molecule has 1 atom stereocenters. The van der Waals surface area contributed by atoms with Crippen molar-refractivity contribution in [2.75, 3.05) is 7.05 Å². The molecule has 0 radical (unpaired) electrons. The highest BCUT2D eigenvalue weighted by Crippen LogP contribution is 2.27. The van der Waals surface area contributed by atoms with E-state index in [1.165, 1.54) is 6.07 Å². The highest BCUT2D eigenvalue weighted by molar-refractivity contribution is 6.30. The first-order valence-corrected chi connectivity index (χ1v) is 8.32. The Morgan fingerprint density at radius 2 is 1.96 bits per heavy atom. The lowest BCUT2D eigenvalue weighted by molar-refractivity contribution is -0.384. The maximum Gasteiger partial charge on any atom is 0.269 e. The highest BCUT2D eigenvalue weighted by atomic mass is 35.5. The van der Waals surface area contributed by atoms with Gasteiger partial charge in [-0.2, -0.15) is 0 Å². The molecule has 3 rings (SSSR count). The van der Waals surface area contributed by atoms with Crippen molar-refractivity contribution in [2.45, 2.75) is 19.5 Å². The zero-order valence-corrected chi connectivity index (χ0v) is 14.8. The number of nitro benzene ring substituents is 1. The smallest absolute Gasteiger partial charge is 0.269 e. The van der Waals surface area contributed by atoms with E-state index in [-0.39, 0.29) is 16.7 Å². The number of hydrogen-bond acceptors (Lipinski definition) is 4. The molecule has 3 aromatic rings. The first kappa shape index (κ1) is 17.3. The van der Waals surface area contributed by atoms with Crippen LogP contribution in [0.25, 0.3) is 10.9 Å². The van der Waals surface area contributed by atoms with Crippen LogP contribution in [0, 0.1) is 10.1 Å². The van der Waals surface area contributed by atoms with Gasteiger partial charge >= 0.3 is 0 Å². The third kappa shape index (κ3) is 3.78. The summed E-state index contributed by atoms with van der Waals surface area (Å²) in [6.07, 6.45) is 0. The van der Waals surface area contributed by atoms with E-state index in [2.05, 4.69) is 9.88 Å². The zero-order chi connectivity index (χ0) is 18.0. The van der Waals surface area contributed by atoms with Crippen molar-refractivity contribution in [1.82, 2.24) is 9.88 Å². The molecule has 25 heavy (non-hydrogen) atoms. The van der Waals surface area contributed by atoms with Gasteiger partial charge in [-0.1, -0.05) is 41.9 Å². The maximum absolute atomic E-state index is 11.0. The molecule has 0 N–H and O–H groups in total. The number of halogens is 1. The van der Waals surface area contributed by atoms with Crippen LogP contribution in [-0.2, 0) is 6.54 Å². The molecule has 0 aliphatic carbocycles. The first-order chi connectivity index (χ1) is 12.0. The Balaban J connectivity index is 1.84. The van der Waals surface area contributed by atoms with Gasteiger partial charge in [-0.25, -0.2) is 4.98 Å². The predicted molar refractivity (Wildman–Crippen MR) is 99.7 cm³/mol. The van der Waals surface area contributed by atoms with Gasteiger partial charge in [0.1, 0.15) is 5.15 Å². The number of rotatable bonds is 5. The average Bonchev–Trinajstić information content (AvgIpc) is 2.61.